The maximum Gasteiger partial charge on any atom is 0.199 e. The van der Waals surface area contributed by atoms with Gasteiger partial charge in [0, 0.05) is 37.6 Å². The summed E-state index contributed by atoms with van der Waals surface area (Å²) in [7, 11) is 2.16. The van der Waals surface area contributed by atoms with Gasteiger partial charge in [0.15, 0.2) is 10.3 Å². The van der Waals surface area contributed by atoms with Crippen LogP contribution in [0.1, 0.15) is 6.92 Å². The predicted molar refractivity (Wildman–Crippen MR) is 102 cm³/mol. The summed E-state index contributed by atoms with van der Waals surface area (Å²) < 4.78 is 0. The normalized spacial score (nSPS) is 16.6. The second-order valence-corrected chi connectivity index (χ2v) is 6.82. The molecule has 0 saturated carbocycles. The zero-order valence-electron chi connectivity index (χ0n) is 13.1. The maximum atomic E-state index is 5.75. The van der Waals surface area contributed by atoms with Crippen LogP contribution < -0.4 is 16.0 Å². The lowest BCUT2D eigenvalue weighted by Gasteiger charge is -2.34. The van der Waals surface area contributed by atoms with Gasteiger partial charge in [0.25, 0.3) is 0 Å². The van der Waals surface area contributed by atoms with Gasteiger partial charge in [0.2, 0.25) is 0 Å². The fraction of sp³-hybridized carbons (Fsp3) is 0.467. The fourth-order valence-electron chi connectivity index (χ4n) is 2.25. The molecule has 2 rings (SSSR count). The molecule has 120 valence electrons. The Morgan fingerprint density at radius 2 is 1.91 bits per heavy atom. The van der Waals surface area contributed by atoms with E-state index in [4.69, 9.17) is 18.0 Å². The highest BCUT2D eigenvalue weighted by Gasteiger charge is 2.13. The monoisotopic (exact) mass is 337 g/mol. The molecule has 1 aliphatic rings. The molecule has 1 heterocycles. The first-order valence-corrected chi connectivity index (χ1v) is 8.79. The summed E-state index contributed by atoms with van der Waals surface area (Å²) in [6, 6.07) is 8.28. The Labute approximate surface area is 141 Å². The molecule has 3 N–H and O–H groups in total. The lowest BCUT2D eigenvalue weighted by molar-refractivity contribution is 0.313. The third kappa shape index (κ3) is 5.15. The van der Waals surface area contributed by atoms with Gasteiger partial charge in [0.05, 0.1) is 0 Å². The number of benzene rings is 1. The van der Waals surface area contributed by atoms with E-state index in [9.17, 15) is 0 Å². The van der Waals surface area contributed by atoms with Crippen LogP contribution in [0.2, 0.25) is 0 Å². The average molecular weight is 338 g/mol. The lowest BCUT2D eigenvalue weighted by Crippen LogP contribution is -2.44. The van der Waals surface area contributed by atoms with E-state index in [2.05, 4.69) is 39.3 Å². The number of aliphatic imine (C=N–C) groups is 1. The van der Waals surface area contributed by atoms with Crippen LogP contribution in [0.4, 0.5) is 11.4 Å². The van der Waals surface area contributed by atoms with E-state index in [0.717, 1.165) is 37.6 Å². The quantitative estimate of drug-likeness (QED) is 0.501. The van der Waals surface area contributed by atoms with Gasteiger partial charge in [-0.15, -0.1) is 0 Å². The summed E-state index contributed by atoms with van der Waals surface area (Å²) in [5.74, 6) is 0.887. The fourth-order valence-corrected chi connectivity index (χ4v) is 2.98. The molecule has 0 unspecified atom stereocenters. The number of nitrogens with zero attached hydrogens (tertiary/aromatic N) is 3. The largest absolute Gasteiger partial charge is 0.378 e. The SMILES string of the molecule is CCS/C(N)=N/C(=S)Nc1ccc(N2CCN(C)CC2)cc1. The van der Waals surface area contributed by atoms with Crippen LogP contribution >= 0.6 is 24.0 Å². The molecule has 7 heteroatoms. The van der Waals surface area contributed by atoms with Crippen molar-refractivity contribution >= 4 is 45.6 Å². The van der Waals surface area contributed by atoms with Crippen LogP contribution in [0.25, 0.3) is 0 Å². The first-order chi connectivity index (χ1) is 10.6. The van der Waals surface area contributed by atoms with Crippen molar-refractivity contribution in [3.63, 3.8) is 0 Å². The van der Waals surface area contributed by atoms with Crippen LogP contribution in [0, 0.1) is 0 Å². The maximum absolute atomic E-state index is 5.75. The van der Waals surface area contributed by atoms with Crippen LogP contribution in [-0.2, 0) is 0 Å². The molecule has 0 amide bonds. The topological polar surface area (TPSA) is 56.9 Å². The summed E-state index contributed by atoms with van der Waals surface area (Å²) in [5.41, 5.74) is 7.92. The molecule has 0 atom stereocenters. The molecule has 0 aliphatic carbocycles. The second-order valence-electron chi connectivity index (χ2n) is 5.15. The standard InChI is InChI=1S/C15H23N5S2/c1-3-22-14(16)18-15(21)17-12-4-6-13(7-5-12)20-10-8-19(2)9-11-20/h4-7H,3,8-11H2,1-2H3,(H3,16,17,18,21). The number of hydrogen-bond donors (Lipinski definition) is 2. The van der Waals surface area contributed by atoms with Crippen molar-refractivity contribution in [2.45, 2.75) is 6.92 Å². The Hall–Kier alpha value is -1.31. The molecule has 0 radical (unpaired) electrons. The third-order valence-corrected chi connectivity index (χ3v) is 4.36. The van der Waals surface area contributed by atoms with E-state index in [0.29, 0.717) is 10.3 Å². The van der Waals surface area contributed by atoms with Crippen LogP contribution in [-0.4, -0.2) is 54.2 Å². The summed E-state index contributed by atoms with van der Waals surface area (Å²) in [4.78, 5) is 8.89. The van der Waals surface area contributed by atoms with Crippen LogP contribution in [0.3, 0.4) is 0 Å². The minimum absolute atomic E-state index is 0.394. The van der Waals surface area contributed by atoms with Crippen molar-refractivity contribution < 1.29 is 0 Å². The molecule has 0 bridgehead atoms. The minimum Gasteiger partial charge on any atom is -0.378 e. The summed E-state index contributed by atoms with van der Waals surface area (Å²) >= 11 is 6.67. The molecular weight excluding hydrogens is 314 g/mol. The molecule has 1 aromatic carbocycles. The number of likely N-dealkylation sites (N-methyl/N-ethyl adjacent to an activating group) is 1. The number of amidine groups is 1. The van der Waals surface area contributed by atoms with Crippen molar-refractivity contribution in [3.05, 3.63) is 24.3 Å². The molecule has 1 aliphatic heterocycles. The Balaban J connectivity index is 1.92. The Bertz CT molecular complexity index is 521. The number of piperazine rings is 1. The third-order valence-electron chi connectivity index (χ3n) is 3.49. The Kier molecular flexibility index (Phi) is 6.48. The smallest absolute Gasteiger partial charge is 0.199 e. The number of thiocarbonyl (C=S) groups is 1. The summed E-state index contributed by atoms with van der Waals surface area (Å²) in [5, 5.41) is 3.98. The first-order valence-electron chi connectivity index (χ1n) is 7.40. The van der Waals surface area contributed by atoms with Crippen molar-refractivity contribution in [1.82, 2.24) is 4.90 Å². The molecular formula is C15H23N5S2. The van der Waals surface area contributed by atoms with Gasteiger partial charge in [0.1, 0.15) is 0 Å². The number of rotatable bonds is 3. The van der Waals surface area contributed by atoms with Gasteiger partial charge in [-0.05, 0) is 49.3 Å². The second kappa shape index (κ2) is 8.36. The van der Waals surface area contributed by atoms with Crippen LogP contribution in [0.15, 0.2) is 29.3 Å². The summed E-state index contributed by atoms with van der Waals surface area (Å²) in [6.45, 7) is 6.37. The van der Waals surface area contributed by atoms with Gasteiger partial charge >= 0.3 is 0 Å². The highest BCUT2D eigenvalue weighted by atomic mass is 32.2. The molecule has 1 saturated heterocycles. The van der Waals surface area contributed by atoms with Gasteiger partial charge in [-0.3, -0.25) is 0 Å². The first kappa shape index (κ1) is 17.1. The average Bonchev–Trinajstić information content (AvgIpc) is 2.49. The van der Waals surface area contributed by atoms with Gasteiger partial charge in [-0.25, -0.2) is 0 Å². The van der Waals surface area contributed by atoms with Crippen molar-refractivity contribution in [2.75, 3.05) is 49.2 Å². The Morgan fingerprint density at radius 1 is 1.27 bits per heavy atom. The highest BCUT2D eigenvalue weighted by molar-refractivity contribution is 8.13. The van der Waals surface area contributed by atoms with Crippen molar-refractivity contribution in [3.8, 4) is 0 Å². The zero-order chi connectivity index (χ0) is 15.9. The molecule has 5 nitrogen and oxygen atoms in total. The molecule has 1 aromatic rings. The lowest BCUT2D eigenvalue weighted by atomic mass is 10.2. The highest BCUT2D eigenvalue weighted by Crippen LogP contribution is 2.19. The number of anilines is 2. The van der Waals surface area contributed by atoms with Crippen molar-refractivity contribution in [1.29, 1.82) is 0 Å². The van der Waals surface area contributed by atoms with E-state index in [1.807, 2.05) is 19.1 Å². The predicted octanol–water partition coefficient (Wildman–Crippen LogP) is 2.20. The van der Waals surface area contributed by atoms with E-state index in [1.165, 1.54) is 17.4 Å². The number of thioether (sulfide) groups is 1. The molecule has 0 spiro atoms. The van der Waals surface area contributed by atoms with E-state index < -0.39 is 0 Å². The van der Waals surface area contributed by atoms with E-state index in [1.54, 1.807) is 0 Å². The van der Waals surface area contributed by atoms with E-state index >= 15 is 0 Å². The van der Waals surface area contributed by atoms with Gasteiger partial charge in [-0.2, -0.15) is 4.99 Å². The number of hydrogen-bond acceptors (Lipinski definition) is 4. The zero-order valence-corrected chi connectivity index (χ0v) is 14.7. The number of nitrogens with one attached hydrogen (secondary N) is 1. The molecule has 22 heavy (non-hydrogen) atoms. The van der Waals surface area contributed by atoms with Gasteiger partial charge < -0.3 is 20.9 Å². The Morgan fingerprint density at radius 3 is 2.50 bits per heavy atom. The van der Waals surface area contributed by atoms with Crippen LogP contribution in [0.5, 0.6) is 0 Å². The minimum atomic E-state index is 0.394. The summed E-state index contributed by atoms with van der Waals surface area (Å²) in [6.07, 6.45) is 0. The van der Waals surface area contributed by atoms with Gasteiger partial charge in [-0.1, -0.05) is 18.7 Å². The number of nitrogens with two attached hydrogens (primary N) is 1. The molecule has 0 aromatic heterocycles. The molecule has 1 fully saturated rings. The van der Waals surface area contributed by atoms with Crippen molar-refractivity contribution in [2.24, 2.45) is 10.7 Å². The van der Waals surface area contributed by atoms with E-state index in [-0.39, 0.29) is 0 Å².